The molecule has 0 aromatic rings. The van der Waals surface area contributed by atoms with E-state index in [0.717, 1.165) is 18.6 Å². The maximum Gasteiger partial charge on any atom is 0.153 e. The van der Waals surface area contributed by atoms with E-state index in [1.54, 1.807) is 0 Å². The Morgan fingerprint density at radius 3 is 2.45 bits per heavy atom. The minimum atomic E-state index is 0.223. The molecule has 2 nitrogen and oxygen atoms in total. The number of nitrogens with zero attached hydrogens (tertiary/aromatic N) is 1. The lowest BCUT2D eigenvalue weighted by molar-refractivity contribution is -0.117. The summed E-state index contributed by atoms with van der Waals surface area (Å²) in [6.07, 6.45) is 2.72. The fourth-order valence-electron chi connectivity index (χ4n) is 0.776. The average molecular weight is 155 g/mol. The van der Waals surface area contributed by atoms with Gasteiger partial charge in [-0.2, -0.15) is 0 Å². The van der Waals surface area contributed by atoms with Gasteiger partial charge in [-0.05, 0) is 13.3 Å². The van der Waals surface area contributed by atoms with Gasteiger partial charge in [0.1, 0.15) is 0 Å². The molecule has 0 aliphatic carbocycles. The van der Waals surface area contributed by atoms with Crippen molar-refractivity contribution in [1.82, 2.24) is 0 Å². The van der Waals surface area contributed by atoms with Gasteiger partial charge in [0.15, 0.2) is 5.78 Å². The van der Waals surface area contributed by atoms with Crippen LogP contribution < -0.4 is 0 Å². The fourth-order valence-corrected chi connectivity index (χ4v) is 0.776. The zero-order valence-corrected chi connectivity index (χ0v) is 7.68. The first-order chi connectivity index (χ1) is 5.20. The maximum atomic E-state index is 10.8. The largest absolute Gasteiger partial charge is 0.298 e. The molecule has 0 atom stereocenters. The van der Waals surface area contributed by atoms with E-state index in [9.17, 15) is 4.79 Å². The summed E-state index contributed by atoms with van der Waals surface area (Å²) in [6.45, 7) is 6.34. The average Bonchev–Trinajstić information content (AvgIpc) is 2.01. The second-order valence-electron chi connectivity index (χ2n) is 2.69. The van der Waals surface area contributed by atoms with Gasteiger partial charge in [0.25, 0.3) is 0 Å². The van der Waals surface area contributed by atoms with E-state index in [-0.39, 0.29) is 5.78 Å². The lowest BCUT2D eigenvalue weighted by Crippen LogP contribution is -2.02. The lowest BCUT2D eigenvalue weighted by atomic mass is 10.2. The first-order valence-electron chi connectivity index (χ1n) is 4.22. The van der Waals surface area contributed by atoms with Crippen molar-refractivity contribution in [2.24, 2.45) is 4.99 Å². The Labute approximate surface area is 68.7 Å². The number of carbonyl (C=O) groups excluding carboxylic acids is 1. The monoisotopic (exact) mass is 155 g/mol. The molecule has 0 saturated carbocycles. The van der Waals surface area contributed by atoms with Gasteiger partial charge in [-0.15, -0.1) is 0 Å². The molecule has 0 N–H and O–H groups in total. The molecule has 2 heteroatoms. The van der Waals surface area contributed by atoms with Crippen molar-refractivity contribution in [2.75, 3.05) is 6.54 Å². The molecule has 0 aromatic heterocycles. The number of rotatable bonds is 5. The van der Waals surface area contributed by atoms with Crippen molar-refractivity contribution in [3.63, 3.8) is 0 Å². The Morgan fingerprint density at radius 1 is 1.36 bits per heavy atom. The summed E-state index contributed by atoms with van der Waals surface area (Å²) in [5.41, 5.74) is 1.09. The number of hydrogen-bond acceptors (Lipinski definition) is 2. The molecule has 0 heterocycles. The molecule has 0 aliphatic heterocycles. The summed E-state index contributed by atoms with van der Waals surface area (Å²) in [5, 5.41) is 0. The predicted octanol–water partition coefficient (Wildman–Crippen LogP) is 2.23. The van der Waals surface area contributed by atoms with Crippen LogP contribution in [0.3, 0.4) is 0 Å². The van der Waals surface area contributed by atoms with Gasteiger partial charge in [-0.25, -0.2) is 0 Å². The smallest absolute Gasteiger partial charge is 0.153 e. The molecule has 0 aliphatic rings. The summed E-state index contributed by atoms with van der Waals surface area (Å²) in [7, 11) is 0. The number of ketones is 1. The van der Waals surface area contributed by atoms with Crippen LogP contribution in [0.1, 0.15) is 40.0 Å². The quantitative estimate of drug-likeness (QED) is 0.560. The molecule has 0 saturated heterocycles. The van der Waals surface area contributed by atoms with Gasteiger partial charge in [0, 0.05) is 12.1 Å². The Bertz CT molecular complexity index is 150. The second-order valence-corrected chi connectivity index (χ2v) is 2.69. The molecule has 11 heavy (non-hydrogen) atoms. The molecule has 0 unspecified atom stereocenters. The van der Waals surface area contributed by atoms with Crippen LogP contribution in [0, 0.1) is 0 Å². The van der Waals surface area contributed by atoms with E-state index < -0.39 is 0 Å². The van der Waals surface area contributed by atoms with Crippen LogP contribution in [-0.4, -0.2) is 18.0 Å². The molecule has 0 fully saturated rings. The highest BCUT2D eigenvalue weighted by Gasteiger charge is 1.95. The summed E-state index contributed by atoms with van der Waals surface area (Å²) in [6, 6.07) is 0. The van der Waals surface area contributed by atoms with Gasteiger partial charge < -0.3 is 0 Å². The van der Waals surface area contributed by atoms with E-state index in [1.165, 1.54) is 0 Å². The number of aliphatic imine (C=N–C) groups is 1. The molecule has 0 aromatic carbocycles. The highest BCUT2D eigenvalue weighted by Crippen LogP contribution is 1.92. The van der Waals surface area contributed by atoms with Crippen LogP contribution in [0.2, 0.25) is 0 Å². The highest BCUT2D eigenvalue weighted by molar-refractivity contribution is 5.86. The Balaban J connectivity index is 3.63. The van der Waals surface area contributed by atoms with Gasteiger partial charge in [0.2, 0.25) is 0 Å². The Hall–Kier alpha value is -0.660. The third-order valence-electron chi connectivity index (χ3n) is 1.53. The van der Waals surface area contributed by atoms with Crippen molar-refractivity contribution in [3.05, 3.63) is 0 Å². The lowest BCUT2D eigenvalue weighted by Gasteiger charge is -1.95. The van der Waals surface area contributed by atoms with E-state index in [0.29, 0.717) is 13.0 Å². The molecule has 64 valence electrons. The normalized spacial score (nSPS) is 11.7. The predicted molar refractivity (Wildman–Crippen MR) is 48.2 cm³/mol. The Kier molecular flexibility index (Phi) is 5.71. The molecule has 0 amide bonds. The summed E-state index contributed by atoms with van der Waals surface area (Å²) >= 11 is 0. The van der Waals surface area contributed by atoms with Gasteiger partial charge in [0.05, 0.1) is 6.54 Å². The van der Waals surface area contributed by atoms with Crippen molar-refractivity contribution in [2.45, 2.75) is 40.0 Å². The number of Topliss-reactive ketones (excluding diaryl/α,β-unsaturated/α-hetero) is 1. The first kappa shape index (κ1) is 10.3. The Morgan fingerprint density at radius 2 is 2.00 bits per heavy atom. The van der Waals surface area contributed by atoms with Crippen LogP contribution in [0.4, 0.5) is 0 Å². The van der Waals surface area contributed by atoms with Crippen LogP contribution in [0.5, 0.6) is 0 Å². The third kappa shape index (κ3) is 5.77. The third-order valence-corrected chi connectivity index (χ3v) is 1.53. The standard InChI is InChI=1S/C9H17NO/c1-4-6-8(3)10-7-9(11)5-2/h4-7H2,1-3H3. The minimum absolute atomic E-state index is 0.223. The molecular weight excluding hydrogens is 138 g/mol. The van der Waals surface area contributed by atoms with Crippen LogP contribution in [0.25, 0.3) is 0 Å². The van der Waals surface area contributed by atoms with Crippen molar-refractivity contribution < 1.29 is 4.79 Å². The van der Waals surface area contributed by atoms with Crippen LogP contribution in [-0.2, 0) is 4.79 Å². The summed E-state index contributed by atoms with van der Waals surface area (Å²) in [5.74, 6) is 0.223. The van der Waals surface area contributed by atoms with Crippen LogP contribution >= 0.6 is 0 Å². The molecule has 0 spiro atoms. The minimum Gasteiger partial charge on any atom is -0.298 e. The van der Waals surface area contributed by atoms with E-state index in [2.05, 4.69) is 11.9 Å². The highest BCUT2D eigenvalue weighted by atomic mass is 16.1. The molecule has 0 bridgehead atoms. The van der Waals surface area contributed by atoms with Gasteiger partial charge >= 0.3 is 0 Å². The number of carbonyl (C=O) groups is 1. The maximum absolute atomic E-state index is 10.8. The zero-order chi connectivity index (χ0) is 8.69. The van der Waals surface area contributed by atoms with Crippen molar-refractivity contribution >= 4 is 11.5 Å². The van der Waals surface area contributed by atoms with Crippen LogP contribution in [0.15, 0.2) is 4.99 Å². The SMILES string of the molecule is CCCC(C)=NCC(=O)CC. The summed E-state index contributed by atoms with van der Waals surface area (Å²) in [4.78, 5) is 15.0. The van der Waals surface area contributed by atoms with E-state index >= 15 is 0 Å². The topological polar surface area (TPSA) is 29.4 Å². The molecular formula is C9H17NO. The van der Waals surface area contributed by atoms with Gasteiger partial charge in [-0.1, -0.05) is 20.3 Å². The van der Waals surface area contributed by atoms with E-state index in [4.69, 9.17) is 0 Å². The van der Waals surface area contributed by atoms with Crippen molar-refractivity contribution in [1.29, 1.82) is 0 Å². The summed E-state index contributed by atoms with van der Waals surface area (Å²) < 4.78 is 0. The second kappa shape index (κ2) is 6.08. The number of hydrogen-bond donors (Lipinski definition) is 0. The van der Waals surface area contributed by atoms with E-state index in [1.807, 2.05) is 13.8 Å². The van der Waals surface area contributed by atoms with Gasteiger partial charge in [-0.3, -0.25) is 9.79 Å². The first-order valence-corrected chi connectivity index (χ1v) is 4.22. The molecule has 0 rings (SSSR count). The molecule has 0 radical (unpaired) electrons. The zero-order valence-electron chi connectivity index (χ0n) is 7.68. The van der Waals surface area contributed by atoms with Crippen molar-refractivity contribution in [3.8, 4) is 0 Å². The fraction of sp³-hybridized carbons (Fsp3) is 0.778.